The maximum Gasteiger partial charge on any atom is 0.172 e. The number of hydrogen-bond acceptors (Lipinski definition) is 1. The lowest BCUT2D eigenvalue weighted by Gasteiger charge is -2.04. The first kappa shape index (κ1) is 9.07. The molecule has 0 aliphatic rings. The lowest BCUT2D eigenvalue weighted by atomic mass is 10.3. The first-order chi connectivity index (χ1) is 5.70. The number of benzene rings is 1. The zero-order valence-electron chi connectivity index (χ0n) is 6.31. The van der Waals surface area contributed by atoms with Crippen LogP contribution in [-0.2, 0) is 0 Å². The van der Waals surface area contributed by atoms with E-state index in [1.807, 2.05) is 0 Å². The predicted molar refractivity (Wildman–Crippen MR) is 45.7 cm³/mol. The minimum absolute atomic E-state index is 0.107. The van der Waals surface area contributed by atoms with Crippen LogP contribution in [0.2, 0.25) is 0 Å². The third kappa shape index (κ3) is 2.55. The maximum atomic E-state index is 12.8. The topological polar surface area (TPSA) is 9.23 Å². The Morgan fingerprint density at radius 1 is 1.75 bits per heavy atom. The largest absolute Gasteiger partial charge is 0.485 e. The van der Waals surface area contributed by atoms with Crippen molar-refractivity contribution in [2.24, 2.45) is 0 Å². The summed E-state index contributed by atoms with van der Waals surface area (Å²) >= 11 is 5.43. The fraction of sp³-hybridized carbons (Fsp3) is 0.111. The molecule has 1 radical (unpaired) electrons. The fourth-order valence-corrected chi connectivity index (χ4v) is 0.723. The zero-order chi connectivity index (χ0) is 8.97. The van der Waals surface area contributed by atoms with Gasteiger partial charge >= 0.3 is 0 Å². The fourth-order valence-electron chi connectivity index (χ4n) is 0.669. The molecule has 0 fully saturated rings. The van der Waals surface area contributed by atoms with Crippen LogP contribution >= 0.6 is 11.6 Å². The van der Waals surface area contributed by atoms with Crippen LogP contribution in [0.4, 0.5) is 4.39 Å². The van der Waals surface area contributed by atoms with Crippen molar-refractivity contribution in [2.75, 3.05) is 6.61 Å². The van der Waals surface area contributed by atoms with E-state index in [9.17, 15) is 4.39 Å². The van der Waals surface area contributed by atoms with E-state index in [1.54, 1.807) is 6.07 Å². The van der Waals surface area contributed by atoms with E-state index in [1.165, 1.54) is 12.1 Å². The van der Waals surface area contributed by atoms with Gasteiger partial charge in [-0.2, -0.15) is 0 Å². The van der Waals surface area contributed by atoms with Gasteiger partial charge in [0, 0.05) is 11.1 Å². The third-order valence-electron chi connectivity index (χ3n) is 1.15. The van der Waals surface area contributed by atoms with Crippen LogP contribution in [0.5, 0.6) is 5.75 Å². The Labute approximate surface area is 75.4 Å². The molecule has 0 bridgehead atoms. The summed E-state index contributed by atoms with van der Waals surface area (Å²) in [5, 5.41) is 0.332. The van der Waals surface area contributed by atoms with Gasteiger partial charge in [-0.3, -0.25) is 0 Å². The molecule has 12 heavy (non-hydrogen) atoms. The summed E-state index contributed by atoms with van der Waals surface area (Å²) in [5.41, 5.74) is 0. The minimum Gasteiger partial charge on any atom is -0.485 e. The lowest BCUT2D eigenvalue weighted by molar-refractivity contribution is 0.338. The van der Waals surface area contributed by atoms with Crippen molar-refractivity contribution < 1.29 is 9.13 Å². The molecule has 1 nitrogen and oxygen atoms in total. The van der Waals surface area contributed by atoms with Gasteiger partial charge in [-0.25, -0.2) is 4.39 Å². The molecular weight excluding hydrogens is 179 g/mol. The van der Waals surface area contributed by atoms with Gasteiger partial charge in [0.25, 0.3) is 0 Å². The van der Waals surface area contributed by atoms with Gasteiger partial charge in [-0.15, -0.1) is 0 Å². The molecule has 1 rings (SSSR count). The van der Waals surface area contributed by atoms with Crippen molar-refractivity contribution in [2.45, 2.75) is 0 Å². The standard InChI is InChI=1S/C9H7ClFO/c1-7(10)6-12-9-5-3-2-4-8(9)11/h2-3,5H,1,6H2. The van der Waals surface area contributed by atoms with E-state index < -0.39 is 5.82 Å². The highest BCUT2D eigenvalue weighted by Gasteiger charge is 2.00. The Balaban J connectivity index is 2.63. The van der Waals surface area contributed by atoms with Gasteiger partial charge in [0.1, 0.15) is 6.61 Å². The van der Waals surface area contributed by atoms with Gasteiger partial charge in [0.05, 0.1) is 0 Å². The molecule has 0 aromatic heterocycles. The Morgan fingerprint density at radius 3 is 3.08 bits per heavy atom. The van der Waals surface area contributed by atoms with Gasteiger partial charge in [-0.1, -0.05) is 30.3 Å². The van der Waals surface area contributed by atoms with Crippen LogP contribution in [-0.4, -0.2) is 6.61 Å². The molecule has 0 N–H and O–H groups in total. The number of ether oxygens (including phenoxy) is 1. The van der Waals surface area contributed by atoms with E-state index in [2.05, 4.69) is 12.6 Å². The Morgan fingerprint density at radius 2 is 2.50 bits per heavy atom. The lowest BCUT2D eigenvalue weighted by Crippen LogP contribution is -1.97. The van der Waals surface area contributed by atoms with Crippen LogP contribution in [0.15, 0.2) is 29.8 Å². The number of hydrogen-bond donors (Lipinski definition) is 0. The molecule has 63 valence electrons. The molecule has 1 aromatic rings. The van der Waals surface area contributed by atoms with Crippen LogP contribution in [0.25, 0.3) is 0 Å². The van der Waals surface area contributed by atoms with Gasteiger partial charge in [0.15, 0.2) is 11.6 Å². The summed E-state index contributed by atoms with van der Waals surface area (Å²) in [6.07, 6.45) is 0. The highest BCUT2D eigenvalue weighted by molar-refractivity contribution is 6.29. The van der Waals surface area contributed by atoms with Crippen LogP contribution < -0.4 is 4.74 Å². The van der Waals surface area contributed by atoms with Crippen LogP contribution in [0.1, 0.15) is 0 Å². The van der Waals surface area contributed by atoms with E-state index in [0.29, 0.717) is 5.03 Å². The van der Waals surface area contributed by atoms with E-state index >= 15 is 0 Å². The Hall–Kier alpha value is -1.02. The second-order valence-corrected chi connectivity index (χ2v) is 2.69. The van der Waals surface area contributed by atoms with Crippen molar-refractivity contribution in [1.82, 2.24) is 0 Å². The highest BCUT2D eigenvalue weighted by atomic mass is 35.5. The van der Waals surface area contributed by atoms with Crippen molar-refractivity contribution in [3.05, 3.63) is 41.7 Å². The normalized spacial score (nSPS) is 9.50. The molecule has 0 heterocycles. The molecule has 0 spiro atoms. The van der Waals surface area contributed by atoms with Crippen molar-refractivity contribution >= 4 is 11.6 Å². The molecular formula is C9H7ClFO. The maximum absolute atomic E-state index is 12.8. The number of rotatable bonds is 3. The van der Waals surface area contributed by atoms with Crippen LogP contribution in [0, 0.1) is 11.9 Å². The molecule has 0 aliphatic heterocycles. The second kappa shape index (κ2) is 4.12. The summed E-state index contributed by atoms with van der Waals surface area (Å²) in [4.78, 5) is 0. The summed E-state index contributed by atoms with van der Waals surface area (Å²) in [6.45, 7) is 3.52. The molecule has 0 aliphatic carbocycles. The average Bonchev–Trinajstić information content (AvgIpc) is 2.03. The minimum atomic E-state index is -0.518. The van der Waals surface area contributed by atoms with Crippen molar-refractivity contribution in [3.63, 3.8) is 0 Å². The smallest absolute Gasteiger partial charge is 0.172 e. The molecule has 3 heteroatoms. The SMILES string of the molecule is C=C(Cl)COc1ccc[c]c1F. The Kier molecular flexibility index (Phi) is 3.11. The van der Waals surface area contributed by atoms with Crippen LogP contribution in [0.3, 0.4) is 0 Å². The molecule has 0 amide bonds. The van der Waals surface area contributed by atoms with Gasteiger partial charge in [0.2, 0.25) is 0 Å². The zero-order valence-corrected chi connectivity index (χ0v) is 7.07. The molecule has 0 atom stereocenters. The van der Waals surface area contributed by atoms with Crippen molar-refractivity contribution in [3.8, 4) is 5.75 Å². The van der Waals surface area contributed by atoms with E-state index in [4.69, 9.17) is 16.3 Å². The second-order valence-electron chi connectivity index (χ2n) is 2.15. The van der Waals surface area contributed by atoms with E-state index in [-0.39, 0.29) is 12.4 Å². The summed E-state index contributed by atoms with van der Waals surface area (Å²) < 4.78 is 17.7. The molecule has 1 aromatic carbocycles. The Bertz CT molecular complexity index is 286. The quantitative estimate of drug-likeness (QED) is 0.704. The summed E-state index contributed by atoms with van der Waals surface area (Å²) in [5.74, 6) is -0.380. The molecule has 0 saturated heterocycles. The first-order valence-corrected chi connectivity index (χ1v) is 3.70. The van der Waals surface area contributed by atoms with Gasteiger partial charge < -0.3 is 4.74 Å². The molecule has 0 unspecified atom stereocenters. The van der Waals surface area contributed by atoms with E-state index in [0.717, 1.165) is 0 Å². The van der Waals surface area contributed by atoms with Crippen molar-refractivity contribution in [1.29, 1.82) is 0 Å². The molecule has 0 saturated carbocycles. The van der Waals surface area contributed by atoms with Gasteiger partial charge in [-0.05, 0) is 6.07 Å². The number of halogens is 2. The third-order valence-corrected chi connectivity index (χ3v) is 1.26. The highest BCUT2D eigenvalue weighted by Crippen LogP contribution is 2.15. The summed E-state index contributed by atoms with van der Waals surface area (Å²) in [7, 11) is 0. The summed E-state index contributed by atoms with van der Waals surface area (Å²) in [6, 6.07) is 6.97. The first-order valence-electron chi connectivity index (χ1n) is 3.32. The average molecular weight is 186 g/mol. The monoisotopic (exact) mass is 185 g/mol. The predicted octanol–water partition coefficient (Wildman–Crippen LogP) is 2.76.